The van der Waals surface area contributed by atoms with E-state index >= 15 is 0 Å². The van der Waals surface area contributed by atoms with E-state index in [1.54, 1.807) is 6.33 Å². The molecule has 4 heterocycles. The second-order valence-corrected chi connectivity index (χ2v) is 5.70. The summed E-state index contributed by atoms with van der Waals surface area (Å²) in [6.07, 6.45) is 3.74. The molecule has 1 atom stereocenters. The molecule has 4 rings (SSSR count). The molecule has 1 aliphatic heterocycles. The Hall–Kier alpha value is -2.50. The third-order valence-corrected chi connectivity index (χ3v) is 4.20. The van der Waals surface area contributed by atoms with Crippen molar-refractivity contribution in [2.45, 2.75) is 32.7 Å². The summed E-state index contributed by atoms with van der Waals surface area (Å²) < 4.78 is 5.27. The quantitative estimate of drug-likeness (QED) is 0.724. The SMILES string of the molecule is Cc1cccc(C2CCCN2c2ncnc3onc(C)c23)n1. The van der Waals surface area contributed by atoms with Crippen LogP contribution in [0.1, 0.15) is 36.0 Å². The van der Waals surface area contributed by atoms with Crippen molar-refractivity contribution in [2.75, 3.05) is 11.4 Å². The zero-order valence-electron chi connectivity index (χ0n) is 12.7. The maximum absolute atomic E-state index is 5.27. The Morgan fingerprint density at radius 1 is 1.23 bits per heavy atom. The Kier molecular flexibility index (Phi) is 3.03. The molecule has 0 aromatic carbocycles. The van der Waals surface area contributed by atoms with Crippen LogP contribution in [0.15, 0.2) is 29.0 Å². The first kappa shape index (κ1) is 13.2. The maximum atomic E-state index is 5.27. The number of hydrogen-bond acceptors (Lipinski definition) is 6. The summed E-state index contributed by atoms with van der Waals surface area (Å²) in [7, 11) is 0. The molecule has 0 bridgehead atoms. The van der Waals surface area contributed by atoms with Crippen LogP contribution in [0.4, 0.5) is 5.82 Å². The van der Waals surface area contributed by atoms with E-state index in [4.69, 9.17) is 9.51 Å². The zero-order chi connectivity index (χ0) is 15.1. The van der Waals surface area contributed by atoms with Gasteiger partial charge < -0.3 is 9.42 Å². The van der Waals surface area contributed by atoms with Crippen LogP contribution in [0.3, 0.4) is 0 Å². The Morgan fingerprint density at radius 2 is 2.14 bits per heavy atom. The van der Waals surface area contributed by atoms with Gasteiger partial charge in [0.2, 0.25) is 0 Å². The van der Waals surface area contributed by atoms with Gasteiger partial charge in [-0.2, -0.15) is 4.98 Å². The second-order valence-electron chi connectivity index (χ2n) is 5.70. The molecule has 1 unspecified atom stereocenters. The van der Waals surface area contributed by atoms with Crippen LogP contribution in [0, 0.1) is 13.8 Å². The number of anilines is 1. The van der Waals surface area contributed by atoms with Gasteiger partial charge in [-0.05, 0) is 38.8 Å². The lowest BCUT2D eigenvalue weighted by Crippen LogP contribution is -2.24. The van der Waals surface area contributed by atoms with E-state index in [-0.39, 0.29) is 6.04 Å². The molecule has 0 radical (unpaired) electrons. The van der Waals surface area contributed by atoms with E-state index in [9.17, 15) is 0 Å². The van der Waals surface area contributed by atoms with Crippen molar-refractivity contribution in [1.82, 2.24) is 20.1 Å². The van der Waals surface area contributed by atoms with Gasteiger partial charge in [0.05, 0.1) is 17.4 Å². The predicted octanol–water partition coefficient (Wildman–Crippen LogP) is 2.97. The van der Waals surface area contributed by atoms with Crippen LogP contribution in [-0.4, -0.2) is 26.7 Å². The topological polar surface area (TPSA) is 67.9 Å². The second kappa shape index (κ2) is 5.05. The van der Waals surface area contributed by atoms with Crippen molar-refractivity contribution in [2.24, 2.45) is 0 Å². The molecule has 0 aliphatic carbocycles. The van der Waals surface area contributed by atoms with Gasteiger partial charge in [0.1, 0.15) is 17.5 Å². The summed E-state index contributed by atoms with van der Waals surface area (Å²) in [5, 5.41) is 4.92. The highest BCUT2D eigenvalue weighted by molar-refractivity contribution is 5.88. The number of aromatic nitrogens is 4. The summed E-state index contributed by atoms with van der Waals surface area (Å²) in [4.78, 5) is 15.7. The van der Waals surface area contributed by atoms with Crippen LogP contribution in [-0.2, 0) is 0 Å². The fourth-order valence-electron chi connectivity index (χ4n) is 3.20. The first-order valence-electron chi connectivity index (χ1n) is 7.51. The van der Waals surface area contributed by atoms with E-state index in [1.165, 1.54) is 0 Å². The first-order chi connectivity index (χ1) is 10.7. The van der Waals surface area contributed by atoms with E-state index in [0.717, 1.165) is 47.7 Å². The van der Waals surface area contributed by atoms with Gasteiger partial charge in [0, 0.05) is 12.2 Å². The van der Waals surface area contributed by atoms with Crippen LogP contribution < -0.4 is 4.90 Å². The highest BCUT2D eigenvalue weighted by Crippen LogP contribution is 2.37. The fourth-order valence-corrected chi connectivity index (χ4v) is 3.20. The van der Waals surface area contributed by atoms with Crippen LogP contribution in [0.25, 0.3) is 11.1 Å². The summed E-state index contributed by atoms with van der Waals surface area (Å²) in [6, 6.07) is 6.42. The van der Waals surface area contributed by atoms with Crippen LogP contribution >= 0.6 is 0 Å². The van der Waals surface area contributed by atoms with Crippen LogP contribution in [0.2, 0.25) is 0 Å². The molecule has 1 aliphatic rings. The fraction of sp³-hybridized carbons (Fsp3) is 0.375. The van der Waals surface area contributed by atoms with E-state index < -0.39 is 0 Å². The summed E-state index contributed by atoms with van der Waals surface area (Å²) in [5.41, 5.74) is 3.51. The van der Waals surface area contributed by atoms with E-state index in [0.29, 0.717) is 5.71 Å². The molecule has 0 N–H and O–H groups in total. The van der Waals surface area contributed by atoms with Crippen LogP contribution in [0.5, 0.6) is 0 Å². The first-order valence-corrected chi connectivity index (χ1v) is 7.51. The largest absolute Gasteiger partial charge is 0.347 e. The number of fused-ring (bicyclic) bond motifs is 1. The Labute approximate surface area is 128 Å². The average molecular weight is 295 g/mol. The maximum Gasteiger partial charge on any atom is 0.263 e. The molecule has 3 aromatic heterocycles. The van der Waals surface area contributed by atoms with Gasteiger partial charge >= 0.3 is 0 Å². The van der Waals surface area contributed by atoms with Gasteiger partial charge in [-0.3, -0.25) is 4.98 Å². The lowest BCUT2D eigenvalue weighted by Gasteiger charge is -2.25. The molecule has 3 aromatic rings. The third-order valence-electron chi connectivity index (χ3n) is 4.20. The van der Waals surface area contributed by atoms with Gasteiger partial charge in [0.25, 0.3) is 5.71 Å². The van der Waals surface area contributed by atoms with Crippen molar-refractivity contribution in [3.63, 3.8) is 0 Å². The van der Waals surface area contributed by atoms with Crippen molar-refractivity contribution in [3.8, 4) is 0 Å². The molecule has 1 saturated heterocycles. The van der Waals surface area contributed by atoms with Crippen molar-refractivity contribution in [1.29, 1.82) is 0 Å². The summed E-state index contributed by atoms with van der Waals surface area (Å²) in [5.74, 6) is 0.898. The minimum atomic E-state index is 0.243. The Morgan fingerprint density at radius 3 is 3.00 bits per heavy atom. The van der Waals surface area contributed by atoms with E-state index in [1.807, 2.05) is 19.9 Å². The zero-order valence-corrected chi connectivity index (χ0v) is 12.7. The van der Waals surface area contributed by atoms with Gasteiger partial charge in [0.15, 0.2) is 0 Å². The summed E-state index contributed by atoms with van der Waals surface area (Å²) >= 11 is 0. The molecule has 0 spiro atoms. The van der Waals surface area contributed by atoms with Gasteiger partial charge in [-0.15, -0.1) is 0 Å². The number of hydrogen-bond donors (Lipinski definition) is 0. The van der Waals surface area contributed by atoms with Crippen molar-refractivity contribution in [3.05, 3.63) is 41.6 Å². The minimum absolute atomic E-state index is 0.243. The summed E-state index contributed by atoms with van der Waals surface area (Å²) in [6.45, 7) is 4.90. The number of rotatable bonds is 2. The smallest absolute Gasteiger partial charge is 0.263 e. The molecule has 6 nitrogen and oxygen atoms in total. The van der Waals surface area contributed by atoms with Gasteiger partial charge in [-0.25, -0.2) is 4.98 Å². The standard InChI is InChI=1S/C16H17N5O/c1-10-5-3-6-12(19-10)13-7-4-8-21(13)15-14-11(2)20-22-16(14)18-9-17-15/h3,5-6,9,13H,4,7-8H2,1-2H3. The van der Waals surface area contributed by atoms with E-state index in [2.05, 4.69) is 32.2 Å². The highest BCUT2D eigenvalue weighted by atomic mass is 16.5. The third kappa shape index (κ3) is 2.03. The lowest BCUT2D eigenvalue weighted by molar-refractivity contribution is 0.442. The highest BCUT2D eigenvalue weighted by Gasteiger charge is 2.30. The minimum Gasteiger partial charge on any atom is -0.347 e. The number of aryl methyl sites for hydroxylation is 2. The Bertz CT molecular complexity index is 828. The molecular formula is C16H17N5O. The molecule has 6 heteroatoms. The molecule has 1 fully saturated rings. The molecule has 112 valence electrons. The van der Waals surface area contributed by atoms with Crippen molar-refractivity contribution >= 4 is 16.9 Å². The predicted molar refractivity (Wildman–Crippen MR) is 82.6 cm³/mol. The lowest BCUT2D eigenvalue weighted by atomic mass is 10.1. The molecule has 0 amide bonds. The molecular weight excluding hydrogens is 278 g/mol. The van der Waals surface area contributed by atoms with Crippen molar-refractivity contribution < 1.29 is 4.52 Å². The normalized spacial score (nSPS) is 18.3. The molecule has 22 heavy (non-hydrogen) atoms. The monoisotopic (exact) mass is 295 g/mol. The number of pyridine rings is 1. The van der Waals surface area contributed by atoms with Gasteiger partial charge in [-0.1, -0.05) is 11.2 Å². The average Bonchev–Trinajstić information content (AvgIpc) is 3.14. The Balaban J connectivity index is 1.81. The number of nitrogens with zero attached hydrogens (tertiary/aromatic N) is 5. The molecule has 0 saturated carbocycles.